The SMILES string of the molecule is C[C@H]1CC(=O)Nc2cc(C(=O)NCCC3CC3)ccc2N1C(=O)N(C)C1CCN(CC(F)(F)F)CC1. The van der Waals surface area contributed by atoms with Crippen molar-refractivity contribution in [3.8, 4) is 0 Å². The molecule has 4 rings (SSSR count). The molecular formula is C25H34F3N5O3. The lowest BCUT2D eigenvalue weighted by Gasteiger charge is -2.40. The highest BCUT2D eigenvalue weighted by Gasteiger charge is 2.37. The van der Waals surface area contributed by atoms with E-state index in [9.17, 15) is 27.6 Å². The zero-order valence-electron chi connectivity index (χ0n) is 20.7. The number of amides is 4. The highest BCUT2D eigenvalue weighted by atomic mass is 19.4. The minimum absolute atomic E-state index is 0.0845. The third-order valence-corrected chi connectivity index (χ3v) is 7.26. The van der Waals surface area contributed by atoms with Crippen LogP contribution in [-0.2, 0) is 4.79 Å². The van der Waals surface area contributed by atoms with E-state index in [1.165, 1.54) is 17.7 Å². The number of carbonyl (C=O) groups is 3. The van der Waals surface area contributed by atoms with Crippen LogP contribution in [0, 0.1) is 5.92 Å². The van der Waals surface area contributed by atoms with E-state index in [1.54, 1.807) is 42.0 Å². The van der Waals surface area contributed by atoms with E-state index < -0.39 is 18.8 Å². The molecule has 0 radical (unpaired) electrons. The maximum atomic E-state index is 13.6. The fourth-order valence-electron chi connectivity index (χ4n) is 5.02. The second-order valence-electron chi connectivity index (χ2n) is 10.2. The molecule has 1 atom stereocenters. The molecule has 1 aromatic carbocycles. The molecule has 0 bridgehead atoms. The summed E-state index contributed by atoms with van der Waals surface area (Å²) in [5, 5.41) is 5.73. The lowest BCUT2D eigenvalue weighted by molar-refractivity contribution is -0.148. The number of hydrogen-bond acceptors (Lipinski definition) is 4. The summed E-state index contributed by atoms with van der Waals surface area (Å²) >= 11 is 0. The third-order valence-electron chi connectivity index (χ3n) is 7.26. The molecule has 2 fully saturated rings. The molecule has 8 nitrogen and oxygen atoms in total. The van der Waals surface area contributed by atoms with Gasteiger partial charge in [0.15, 0.2) is 0 Å². The molecule has 3 aliphatic rings. The van der Waals surface area contributed by atoms with Gasteiger partial charge in [-0.05, 0) is 50.3 Å². The van der Waals surface area contributed by atoms with Gasteiger partial charge < -0.3 is 15.5 Å². The number of piperidine rings is 1. The number of likely N-dealkylation sites (tertiary alicyclic amines) is 1. The number of anilines is 2. The highest BCUT2D eigenvalue weighted by molar-refractivity contribution is 6.06. The molecule has 2 aliphatic heterocycles. The molecular weight excluding hydrogens is 475 g/mol. The lowest BCUT2D eigenvalue weighted by atomic mass is 10.0. The Morgan fingerprint density at radius 1 is 1.17 bits per heavy atom. The Kier molecular flexibility index (Phi) is 7.77. The van der Waals surface area contributed by atoms with Gasteiger partial charge in [0.2, 0.25) is 5.91 Å². The number of nitrogens with one attached hydrogen (secondary N) is 2. The van der Waals surface area contributed by atoms with Gasteiger partial charge in [-0.2, -0.15) is 13.2 Å². The number of alkyl halides is 3. The van der Waals surface area contributed by atoms with Crippen LogP contribution in [0.1, 0.15) is 55.8 Å². The minimum Gasteiger partial charge on any atom is -0.352 e. The molecule has 0 unspecified atom stereocenters. The van der Waals surface area contributed by atoms with Gasteiger partial charge in [-0.1, -0.05) is 12.8 Å². The van der Waals surface area contributed by atoms with Crippen molar-refractivity contribution >= 4 is 29.2 Å². The zero-order valence-corrected chi connectivity index (χ0v) is 20.7. The molecule has 198 valence electrons. The van der Waals surface area contributed by atoms with Crippen molar-refractivity contribution in [1.82, 2.24) is 15.1 Å². The Labute approximate surface area is 209 Å². The fourth-order valence-corrected chi connectivity index (χ4v) is 5.02. The van der Waals surface area contributed by atoms with E-state index in [0.29, 0.717) is 42.2 Å². The number of rotatable bonds is 6. The van der Waals surface area contributed by atoms with Crippen molar-refractivity contribution in [2.45, 2.75) is 63.7 Å². The van der Waals surface area contributed by atoms with E-state index in [2.05, 4.69) is 10.6 Å². The topological polar surface area (TPSA) is 85.0 Å². The Balaban J connectivity index is 1.46. The predicted octanol–water partition coefficient (Wildman–Crippen LogP) is 3.83. The number of urea groups is 1. The molecule has 0 aromatic heterocycles. The van der Waals surface area contributed by atoms with Gasteiger partial charge >= 0.3 is 12.2 Å². The van der Waals surface area contributed by atoms with Crippen molar-refractivity contribution < 1.29 is 27.6 Å². The predicted molar refractivity (Wildman–Crippen MR) is 130 cm³/mol. The van der Waals surface area contributed by atoms with Crippen LogP contribution < -0.4 is 15.5 Å². The minimum atomic E-state index is -4.24. The van der Waals surface area contributed by atoms with Crippen LogP contribution in [0.15, 0.2) is 18.2 Å². The quantitative estimate of drug-likeness (QED) is 0.611. The monoisotopic (exact) mass is 509 g/mol. The Bertz CT molecular complexity index is 990. The van der Waals surface area contributed by atoms with Gasteiger partial charge in [-0.15, -0.1) is 0 Å². The van der Waals surface area contributed by atoms with Crippen LogP contribution in [0.3, 0.4) is 0 Å². The number of fused-ring (bicyclic) bond motifs is 1. The van der Waals surface area contributed by atoms with Crippen LogP contribution in [-0.4, -0.2) is 79.1 Å². The second kappa shape index (κ2) is 10.7. The van der Waals surface area contributed by atoms with E-state index in [4.69, 9.17) is 0 Å². The number of carbonyl (C=O) groups excluding carboxylic acids is 3. The van der Waals surface area contributed by atoms with E-state index >= 15 is 0 Å². The van der Waals surface area contributed by atoms with Crippen LogP contribution >= 0.6 is 0 Å². The molecule has 1 saturated heterocycles. The van der Waals surface area contributed by atoms with E-state index in [-0.39, 0.29) is 43.4 Å². The Morgan fingerprint density at radius 2 is 1.86 bits per heavy atom. The molecule has 36 heavy (non-hydrogen) atoms. The first-order chi connectivity index (χ1) is 17.0. The molecule has 11 heteroatoms. The summed E-state index contributed by atoms with van der Waals surface area (Å²) in [4.78, 5) is 43.2. The fraction of sp³-hybridized carbons (Fsp3) is 0.640. The number of hydrogen-bond donors (Lipinski definition) is 2. The maximum absolute atomic E-state index is 13.6. The average Bonchev–Trinajstić information content (AvgIpc) is 3.64. The highest BCUT2D eigenvalue weighted by Crippen LogP contribution is 2.34. The van der Waals surface area contributed by atoms with E-state index in [1.807, 2.05) is 0 Å². The molecule has 2 N–H and O–H groups in total. The normalized spacial score (nSPS) is 21.4. The summed E-state index contributed by atoms with van der Waals surface area (Å²) in [5.41, 5.74) is 1.28. The first kappa shape index (κ1) is 26.2. The lowest BCUT2D eigenvalue weighted by Crippen LogP contribution is -2.53. The zero-order chi connectivity index (χ0) is 26.0. The van der Waals surface area contributed by atoms with Gasteiger partial charge in [0, 0.05) is 50.7 Å². The Hall–Kier alpha value is -2.82. The smallest absolute Gasteiger partial charge is 0.352 e. The largest absolute Gasteiger partial charge is 0.401 e. The van der Waals surface area contributed by atoms with Crippen molar-refractivity contribution in [3.05, 3.63) is 23.8 Å². The first-order valence-corrected chi connectivity index (χ1v) is 12.6. The number of benzene rings is 1. The second-order valence-corrected chi connectivity index (χ2v) is 10.2. The standard InChI is InChI=1S/C25H34F3N5O3/c1-16-13-22(34)30-20-14-18(23(35)29-10-7-17-3-4-17)5-6-21(20)33(16)24(36)31(2)19-8-11-32(12-9-19)15-25(26,27)28/h5-6,14,16-17,19H,3-4,7-13,15H2,1-2H3,(H,29,35)(H,30,34)/t16-/m0/s1. The molecule has 1 aliphatic carbocycles. The number of halogens is 3. The van der Waals surface area contributed by atoms with Crippen molar-refractivity contribution in [1.29, 1.82) is 0 Å². The summed E-state index contributed by atoms with van der Waals surface area (Å²) in [6.45, 7) is 1.95. The van der Waals surface area contributed by atoms with Gasteiger partial charge in [0.05, 0.1) is 17.9 Å². The summed E-state index contributed by atoms with van der Waals surface area (Å²) in [6.07, 6.45) is 0.0884. The molecule has 4 amide bonds. The van der Waals surface area contributed by atoms with Crippen LogP contribution in [0.2, 0.25) is 0 Å². The summed E-state index contributed by atoms with van der Waals surface area (Å²) < 4.78 is 38.2. The van der Waals surface area contributed by atoms with Crippen molar-refractivity contribution in [2.75, 3.05) is 43.4 Å². The first-order valence-electron chi connectivity index (χ1n) is 12.6. The molecule has 0 spiro atoms. The maximum Gasteiger partial charge on any atom is 0.401 e. The van der Waals surface area contributed by atoms with Crippen molar-refractivity contribution in [2.24, 2.45) is 5.92 Å². The summed E-state index contributed by atoms with van der Waals surface area (Å²) in [6, 6.07) is 3.94. The van der Waals surface area contributed by atoms with Gasteiger partial charge in [-0.25, -0.2) is 4.79 Å². The molecule has 2 heterocycles. The van der Waals surface area contributed by atoms with E-state index in [0.717, 1.165) is 6.42 Å². The molecule has 1 saturated carbocycles. The number of nitrogens with zero attached hydrogens (tertiary/aromatic N) is 3. The summed E-state index contributed by atoms with van der Waals surface area (Å²) in [7, 11) is 1.65. The van der Waals surface area contributed by atoms with Gasteiger partial charge in [-0.3, -0.25) is 19.4 Å². The van der Waals surface area contributed by atoms with Gasteiger partial charge in [0.1, 0.15) is 0 Å². The van der Waals surface area contributed by atoms with Gasteiger partial charge in [0.25, 0.3) is 5.91 Å². The van der Waals surface area contributed by atoms with Crippen LogP contribution in [0.4, 0.5) is 29.3 Å². The Morgan fingerprint density at radius 3 is 2.50 bits per heavy atom. The summed E-state index contributed by atoms with van der Waals surface area (Å²) in [5.74, 6) is 0.214. The molecule has 1 aromatic rings. The van der Waals surface area contributed by atoms with Crippen LogP contribution in [0.25, 0.3) is 0 Å². The van der Waals surface area contributed by atoms with Crippen LogP contribution in [0.5, 0.6) is 0 Å². The van der Waals surface area contributed by atoms with Crippen molar-refractivity contribution in [3.63, 3.8) is 0 Å². The average molecular weight is 510 g/mol. The third kappa shape index (κ3) is 6.48.